The number of nitrogens with one attached hydrogen (secondary N) is 1. The Morgan fingerprint density at radius 2 is 1.93 bits per heavy atom. The molecular formula is C19H26N2O6S. The highest BCUT2D eigenvalue weighted by Gasteiger charge is 2.19. The summed E-state index contributed by atoms with van der Waals surface area (Å²) in [5.74, 6) is -0.0934. The predicted molar refractivity (Wildman–Crippen MR) is 104 cm³/mol. The molecular weight excluding hydrogens is 384 g/mol. The molecule has 0 bridgehead atoms. The van der Waals surface area contributed by atoms with E-state index in [-0.39, 0.29) is 36.0 Å². The van der Waals surface area contributed by atoms with Gasteiger partial charge >= 0.3 is 5.97 Å². The molecule has 8 nitrogen and oxygen atoms in total. The Morgan fingerprint density at radius 1 is 1.21 bits per heavy atom. The highest BCUT2D eigenvalue weighted by molar-refractivity contribution is 7.89. The number of methoxy groups -OCH3 is 2. The summed E-state index contributed by atoms with van der Waals surface area (Å²) in [7, 11) is 0.820. The number of carbonyl (C=O) groups excluding carboxylic acids is 1. The fourth-order valence-corrected chi connectivity index (χ4v) is 4.09. The molecule has 0 saturated heterocycles. The maximum Gasteiger partial charge on any atom is 0.305 e. The monoisotopic (exact) mass is 410 g/mol. The SMILES string of the molecule is COC(=O)CCC(O)c1ccc(CCNS(=O)(=O)c2ccccc2OC)n1C. The number of aliphatic hydroxyl groups is 1. The summed E-state index contributed by atoms with van der Waals surface area (Å²) in [6, 6.07) is 10.0. The van der Waals surface area contributed by atoms with Crippen molar-refractivity contribution in [3.63, 3.8) is 0 Å². The van der Waals surface area contributed by atoms with Gasteiger partial charge in [0.15, 0.2) is 0 Å². The van der Waals surface area contributed by atoms with Crippen molar-refractivity contribution >= 4 is 16.0 Å². The maximum absolute atomic E-state index is 12.5. The number of carbonyl (C=O) groups is 1. The van der Waals surface area contributed by atoms with E-state index in [1.165, 1.54) is 20.3 Å². The molecule has 0 radical (unpaired) electrons. The van der Waals surface area contributed by atoms with Gasteiger partial charge in [0, 0.05) is 37.8 Å². The van der Waals surface area contributed by atoms with E-state index in [0.29, 0.717) is 12.1 Å². The highest BCUT2D eigenvalue weighted by Crippen LogP contribution is 2.23. The van der Waals surface area contributed by atoms with Gasteiger partial charge in [-0.25, -0.2) is 13.1 Å². The third-order valence-electron chi connectivity index (χ3n) is 4.49. The van der Waals surface area contributed by atoms with E-state index in [1.54, 1.807) is 35.9 Å². The lowest BCUT2D eigenvalue weighted by Gasteiger charge is -2.14. The Kier molecular flexibility index (Phi) is 7.61. The number of aromatic nitrogens is 1. The summed E-state index contributed by atoms with van der Waals surface area (Å²) >= 11 is 0. The fraction of sp³-hybridized carbons (Fsp3) is 0.421. The number of nitrogens with zero attached hydrogens (tertiary/aromatic N) is 1. The molecule has 0 spiro atoms. The number of sulfonamides is 1. The highest BCUT2D eigenvalue weighted by atomic mass is 32.2. The molecule has 0 fully saturated rings. The van der Waals surface area contributed by atoms with Crippen LogP contribution < -0.4 is 9.46 Å². The van der Waals surface area contributed by atoms with Gasteiger partial charge in [-0.15, -0.1) is 0 Å². The number of rotatable bonds is 10. The van der Waals surface area contributed by atoms with E-state index in [1.807, 2.05) is 6.07 Å². The maximum atomic E-state index is 12.5. The molecule has 0 saturated carbocycles. The zero-order valence-corrected chi connectivity index (χ0v) is 17.0. The summed E-state index contributed by atoms with van der Waals surface area (Å²) in [4.78, 5) is 11.3. The molecule has 0 amide bonds. The quantitative estimate of drug-likeness (QED) is 0.576. The van der Waals surface area contributed by atoms with Crippen molar-refractivity contribution in [3.05, 3.63) is 47.8 Å². The summed E-state index contributed by atoms with van der Waals surface area (Å²) in [6.07, 6.45) is 0.0127. The number of ether oxygens (including phenoxy) is 2. The molecule has 2 rings (SSSR count). The number of aliphatic hydroxyl groups excluding tert-OH is 1. The summed E-state index contributed by atoms with van der Waals surface area (Å²) < 4.78 is 39.1. The molecule has 2 aromatic rings. The first-order valence-corrected chi connectivity index (χ1v) is 10.3. The molecule has 28 heavy (non-hydrogen) atoms. The van der Waals surface area contributed by atoms with Crippen LogP contribution in [0.4, 0.5) is 0 Å². The molecule has 0 aliphatic carbocycles. The number of benzene rings is 1. The average Bonchev–Trinajstić information content (AvgIpc) is 3.06. The lowest BCUT2D eigenvalue weighted by atomic mass is 10.1. The third-order valence-corrected chi connectivity index (χ3v) is 5.99. The van der Waals surface area contributed by atoms with Crippen molar-refractivity contribution in [1.29, 1.82) is 0 Å². The van der Waals surface area contributed by atoms with E-state index in [2.05, 4.69) is 9.46 Å². The molecule has 0 aliphatic heterocycles. The second-order valence-corrected chi connectivity index (χ2v) is 7.97. The van der Waals surface area contributed by atoms with Crippen LogP contribution in [-0.2, 0) is 33.0 Å². The van der Waals surface area contributed by atoms with Crippen LogP contribution in [0.1, 0.15) is 30.3 Å². The Hall–Kier alpha value is -2.36. The summed E-state index contributed by atoms with van der Waals surface area (Å²) in [5, 5.41) is 10.3. The van der Waals surface area contributed by atoms with E-state index in [0.717, 1.165) is 5.69 Å². The van der Waals surface area contributed by atoms with Crippen LogP contribution in [0.25, 0.3) is 0 Å². The molecule has 0 aliphatic rings. The first-order valence-electron chi connectivity index (χ1n) is 8.82. The third kappa shape index (κ3) is 5.34. The van der Waals surface area contributed by atoms with Crippen molar-refractivity contribution in [2.24, 2.45) is 7.05 Å². The van der Waals surface area contributed by atoms with Crippen molar-refractivity contribution in [2.45, 2.75) is 30.3 Å². The van der Waals surface area contributed by atoms with Gasteiger partial charge in [-0.2, -0.15) is 0 Å². The Bertz CT molecular complexity index is 907. The summed E-state index contributed by atoms with van der Waals surface area (Å²) in [5.41, 5.74) is 1.52. The Labute approximate surface area is 165 Å². The lowest BCUT2D eigenvalue weighted by molar-refractivity contribution is -0.141. The topological polar surface area (TPSA) is 107 Å². The fourth-order valence-electron chi connectivity index (χ4n) is 2.89. The van der Waals surface area contributed by atoms with Crippen molar-refractivity contribution < 1.29 is 27.8 Å². The van der Waals surface area contributed by atoms with E-state index in [9.17, 15) is 18.3 Å². The van der Waals surface area contributed by atoms with Crippen LogP contribution in [0.5, 0.6) is 5.75 Å². The number of esters is 1. The first-order chi connectivity index (χ1) is 13.3. The average molecular weight is 410 g/mol. The number of hydrogen-bond acceptors (Lipinski definition) is 6. The summed E-state index contributed by atoms with van der Waals surface area (Å²) in [6.45, 7) is 0.190. The van der Waals surface area contributed by atoms with Gasteiger partial charge in [0.05, 0.1) is 20.3 Å². The normalized spacial score (nSPS) is 12.6. The standard InChI is InChI=1S/C19H26N2O6S/c1-21-14(8-9-15(21)16(22)10-11-19(23)27-3)12-13-20-28(24,25)18-7-5-4-6-17(18)26-2/h4-9,16,20,22H,10-13H2,1-3H3. The van der Waals surface area contributed by atoms with E-state index in [4.69, 9.17) is 4.74 Å². The zero-order valence-electron chi connectivity index (χ0n) is 16.2. The van der Waals surface area contributed by atoms with Crippen LogP contribution in [-0.4, -0.2) is 44.8 Å². The molecule has 2 N–H and O–H groups in total. The zero-order chi connectivity index (χ0) is 20.7. The van der Waals surface area contributed by atoms with Crippen LogP contribution in [0.15, 0.2) is 41.3 Å². The molecule has 1 aromatic heterocycles. The van der Waals surface area contributed by atoms with Crippen LogP contribution in [0, 0.1) is 0 Å². The van der Waals surface area contributed by atoms with E-state index < -0.39 is 16.1 Å². The van der Waals surface area contributed by atoms with Gasteiger partial charge in [-0.05, 0) is 30.7 Å². The van der Waals surface area contributed by atoms with Crippen molar-refractivity contribution in [1.82, 2.24) is 9.29 Å². The van der Waals surface area contributed by atoms with Crippen LogP contribution in [0.2, 0.25) is 0 Å². The van der Waals surface area contributed by atoms with Gasteiger partial charge < -0.3 is 19.1 Å². The lowest BCUT2D eigenvalue weighted by Crippen LogP contribution is -2.27. The number of hydrogen-bond donors (Lipinski definition) is 2. The minimum Gasteiger partial charge on any atom is -0.495 e. The smallest absolute Gasteiger partial charge is 0.305 e. The van der Waals surface area contributed by atoms with Crippen LogP contribution in [0.3, 0.4) is 0 Å². The second-order valence-electron chi connectivity index (χ2n) is 6.24. The molecule has 1 atom stereocenters. The van der Waals surface area contributed by atoms with E-state index >= 15 is 0 Å². The van der Waals surface area contributed by atoms with Gasteiger partial charge in [0.2, 0.25) is 10.0 Å². The second kappa shape index (κ2) is 9.72. The predicted octanol–water partition coefficient (Wildman–Crippen LogP) is 1.54. The molecule has 1 unspecified atom stereocenters. The first kappa shape index (κ1) is 21.9. The van der Waals surface area contributed by atoms with Crippen LogP contribution >= 0.6 is 0 Å². The largest absolute Gasteiger partial charge is 0.495 e. The van der Waals surface area contributed by atoms with Crippen molar-refractivity contribution in [3.8, 4) is 5.75 Å². The number of para-hydroxylation sites is 1. The Morgan fingerprint density at radius 3 is 2.61 bits per heavy atom. The van der Waals surface area contributed by atoms with Gasteiger partial charge in [0.1, 0.15) is 10.6 Å². The van der Waals surface area contributed by atoms with Gasteiger partial charge in [0.25, 0.3) is 0 Å². The van der Waals surface area contributed by atoms with Crippen molar-refractivity contribution in [2.75, 3.05) is 20.8 Å². The minimum absolute atomic E-state index is 0.0864. The molecule has 9 heteroatoms. The molecule has 154 valence electrons. The van der Waals surface area contributed by atoms with Gasteiger partial charge in [-0.3, -0.25) is 4.79 Å². The Balaban J connectivity index is 1.98. The minimum atomic E-state index is -3.70. The van der Waals surface area contributed by atoms with Gasteiger partial charge in [-0.1, -0.05) is 12.1 Å². The molecule has 1 heterocycles. The molecule has 1 aromatic carbocycles.